The summed E-state index contributed by atoms with van der Waals surface area (Å²) in [5.41, 5.74) is 3.10. The van der Waals surface area contributed by atoms with Crippen molar-refractivity contribution in [1.29, 1.82) is 0 Å². The van der Waals surface area contributed by atoms with Crippen molar-refractivity contribution in [2.24, 2.45) is 0 Å². The molecule has 2 aromatic carbocycles. The Bertz CT molecular complexity index is 971. The summed E-state index contributed by atoms with van der Waals surface area (Å²) < 4.78 is 17.3. The van der Waals surface area contributed by atoms with Crippen molar-refractivity contribution in [2.45, 2.75) is 25.4 Å². The van der Waals surface area contributed by atoms with Crippen LogP contribution in [0.3, 0.4) is 0 Å². The minimum absolute atomic E-state index is 0.678. The molecule has 29 heavy (non-hydrogen) atoms. The van der Waals surface area contributed by atoms with Crippen LogP contribution in [0.4, 0.5) is 0 Å². The second-order valence-corrected chi connectivity index (χ2v) is 7.97. The standard InChI is InChI=1S/C24H30N2O3/c1-25(2)18-10-12-26(13-11-18)16-21-20-15-24(17-6-5-7-19(14-17)27-3)29-23(20)9-8-22(21)28-4/h5-9,14-15,18H,10-13,16H2,1-4H3. The highest BCUT2D eigenvalue weighted by atomic mass is 16.5. The number of fused-ring (bicyclic) bond motifs is 1. The molecule has 0 amide bonds. The Morgan fingerprint density at radius 2 is 1.83 bits per heavy atom. The lowest BCUT2D eigenvalue weighted by Gasteiger charge is -2.35. The van der Waals surface area contributed by atoms with Crippen LogP contribution in [-0.2, 0) is 6.54 Å². The average Bonchev–Trinajstić information content (AvgIpc) is 3.19. The highest BCUT2D eigenvalue weighted by Gasteiger charge is 2.23. The van der Waals surface area contributed by atoms with E-state index in [1.165, 1.54) is 18.4 Å². The first-order valence-electron chi connectivity index (χ1n) is 10.2. The predicted molar refractivity (Wildman–Crippen MR) is 117 cm³/mol. The fraction of sp³-hybridized carbons (Fsp3) is 0.417. The third kappa shape index (κ3) is 4.11. The summed E-state index contributed by atoms with van der Waals surface area (Å²) in [7, 11) is 7.78. The van der Waals surface area contributed by atoms with Gasteiger partial charge < -0.3 is 18.8 Å². The lowest BCUT2D eigenvalue weighted by Crippen LogP contribution is -2.41. The minimum Gasteiger partial charge on any atom is -0.497 e. The van der Waals surface area contributed by atoms with Gasteiger partial charge in [0.15, 0.2) is 0 Å². The van der Waals surface area contributed by atoms with E-state index >= 15 is 0 Å². The van der Waals surface area contributed by atoms with Crippen LogP contribution in [0.5, 0.6) is 11.5 Å². The van der Waals surface area contributed by atoms with Crippen LogP contribution in [0.2, 0.25) is 0 Å². The normalized spacial score (nSPS) is 15.9. The Labute approximate surface area is 172 Å². The molecule has 0 radical (unpaired) electrons. The van der Waals surface area contributed by atoms with Gasteiger partial charge in [-0.2, -0.15) is 0 Å². The SMILES string of the molecule is COc1cccc(-c2cc3c(CN4CCC(N(C)C)CC4)c(OC)ccc3o2)c1. The second kappa shape index (κ2) is 8.47. The topological polar surface area (TPSA) is 38.1 Å². The molecule has 5 nitrogen and oxygen atoms in total. The van der Waals surface area contributed by atoms with E-state index in [1.807, 2.05) is 36.4 Å². The molecule has 0 spiro atoms. The van der Waals surface area contributed by atoms with Gasteiger partial charge in [-0.05, 0) is 70.4 Å². The summed E-state index contributed by atoms with van der Waals surface area (Å²) in [5.74, 6) is 2.59. The van der Waals surface area contributed by atoms with Gasteiger partial charge in [0.25, 0.3) is 0 Å². The zero-order valence-corrected chi connectivity index (χ0v) is 17.8. The van der Waals surface area contributed by atoms with Crippen molar-refractivity contribution in [3.63, 3.8) is 0 Å². The van der Waals surface area contributed by atoms with Crippen molar-refractivity contribution in [3.05, 3.63) is 48.0 Å². The van der Waals surface area contributed by atoms with Crippen molar-refractivity contribution in [2.75, 3.05) is 41.4 Å². The number of rotatable bonds is 6. The Morgan fingerprint density at radius 3 is 2.52 bits per heavy atom. The predicted octanol–water partition coefficient (Wildman–Crippen LogP) is 4.64. The molecular formula is C24H30N2O3. The maximum absolute atomic E-state index is 6.20. The number of nitrogens with zero attached hydrogens (tertiary/aromatic N) is 2. The Hall–Kier alpha value is -2.50. The molecule has 4 rings (SSSR count). The summed E-state index contributed by atoms with van der Waals surface area (Å²) in [6.07, 6.45) is 2.40. The lowest BCUT2D eigenvalue weighted by molar-refractivity contribution is 0.139. The number of hydrogen-bond acceptors (Lipinski definition) is 5. The maximum atomic E-state index is 6.20. The molecule has 0 bridgehead atoms. The van der Waals surface area contributed by atoms with Gasteiger partial charge in [0.05, 0.1) is 14.2 Å². The van der Waals surface area contributed by atoms with Crippen LogP contribution in [0.25, 0.3) is 22.3 Å². The smallest absolute Gasteiger partial charge is 0.135 e. The van der Waals surface area contributed by atoms with Crippen LogP contribution in [-0.4, -0.2) is 57.2 Å². The zero-order valence-electron chi connectivity index (χ0n) is 17.8. The highest BCUT2D eigenvalue weighted by molar-refractivity contribution is 5.88. The summed E-state index contributed by atoms with van der Waals surface area (Å²) in [6.45, 7) is 3.07. The Morgan fingerprint density at radius 1 is 1.03 bits per heavy atom. The fourth-order valence-corrected chi connectivity index (χ4v) is 4.24. The molecule has 1 aromatic heterocycles. The maximum Gasteiger partial charge on any atom is 0.135 e. The fourth-order valence-electron chi connectivity index (χ4n) is 4.24. The quantitative estimate of drug-likeness (QED) is 0.609. The summed E-state index contributed by atoms with van der Waals surface area (Å²) in [5, 5.41) is 1.12. The molecule has 0 unspecified atom stereocenters. The number of piperidine rings is 1. The molecule has 1 aliphatic rings. The van der Waals surface area contributed by atoms with Crippen molar-refractivity contribution in [3.8, 4) is 22.8 Å². The van der Waals surface area contributed by atoms with Gasteiger partial charge in [0, 0.05) is 29.1 Å². The van der Waals surface area contributed by atoms with Crippen molar-refractivity contribution in [1.82, 2.24) is 9.80 Å². The third-order valence-electron chi connectivity index (χ3n) is 6.01. The van der Waals surface area contributed by atoms with E-state index in [1.54, 1.807) is 14.2 Å². The summed E-state index contributed by atoms with van der Waals surface area (Å²) in [4.78, 5) is 4.87. The van der Waals surface area contributed by atoms with Gasteiger partial charge in [0.1, 0.15) is 22.8 Å². The first kappa shape index (κ1) is 19.8. The van der Waals surface area contributed by atoms with Gasteiger partial charge in [-0.1, -0.05) is 12.1 Å². The molecule has 0 saturated carbocycles. The number of ether oxygens (including phenoxy) is 2. The third-order valence-corrected chi connectivity index (χ3v) is 6.01. The monoisotopic (exact) mass is 394 g/mol. The number of furan rings is 1. The molecule has 1 saturated heterocycles. The van der Waals surface area contributed by atoms with Gasteiger partial charge >= 0.3 is 0 Å². The average molecular weight is 395 g/mol. The molecule has 1 fully saturated rings. The number of hydrogen-bond donors (Lipinski definition) is 0. The second-order valence-electron chi connectivity index (χ2n) is 7.97. The van der Waals surface area contributed by atoms with E-state index in [2.05, 4.69) is 30.0 Å². The van der Waals surface area contributed by atoms with Crippen LogP contribution in [0, 0.1) is 0 Å². The molecule has 2 heterocycles. The van der Waals surface area contributed by atoms with Gasteiger partial charge in [-0.25, -0.2) is 0 Å². The van der Waals surface area contributed by atoms with Gasteiger partial charge in [-0.3, -0.25) is 4.90 Å². The molecule has 0 N–H and O–H groups in total. The number of benzene rings is 2. The van der Waals surface area contributed by atoms with Crippen molar-refractivity contribution >= 4 is 11.0 Å². The first-order chi connectivity index (χ1) is 14.1. The van der Waals surface area contributed by atoms with Crippen LogP contribution in [0.1, 0.15) is 18.4 Å². The van der Waals surface area contributed by atoms with Crippen LogP contribution < -0.4 is 9.47 Å². The van der Waals surface area contributed by atoms with Crippen molar-refractivity contribution < 1.29 is 13.9 Å². The number of methoxy groups -OCH3 is 2. The first-order valence-corrected chi connectivity index (χ1v) is 10.2. The zero-order chi connectivity index (χ0) is 20.4. The van der Waals surface area contributed by atoms with E-state index in [0.717, 1.165) is 53.4 Å². The largest absolute Gasteiger partial charge is 0.497 e. The van der Waals surface area contributed by atoms with E-state index < -0.39 is 0 Å². The summed E-state index contributed by atoms with van der Waals surface area (Å²) >= 11 is 0. The van der Waals surface area contributed by atoms with Gasteiger partial charge in [-0.15, -0.1) is 0 Å². The van der Waals surface area contributed by atoms with E-state index in [0.29, 0.717) is 6.04 Å². The molecular weight excluding hydrogens is 364 g/mol. The molecule has 154 valence electrons. The van der Waals surface area contributed by atoms with Crippen LogP contribution in [0.15, 0.2) is 46.9 Å². The Kier molecular flexibility index (Phi) is 5.79. The molecule has 3 aromatic rings. The van der Waals surface area contributed by atoms with E-state index in [9.17, 15) is 0 Å². The molecule has 0 aliphatic carbocycles. The molecule has 5 heteroatoms. The highest BCUT2D eigenvalue weighted by Crippen LogP contribution is 2.36. The molecule has 0 atom stereocenters. The van der Waals surface area contributed by atoms with Gasteiger partial charge in [0.2, 0.25) is 0 Å². The lowest BCUT2D eigenvalue weighted by atomic mass is 10.0. The summed E-state index contributed by atoms with van der Waals surface area (Å²) in [6, 6.07) is 14.8. The van der Waals surface area contributed by atoms with E-state index in [-0.39, 0.29) is 0 Å². The Balaban J connectivity index is 1.65. The van der Waals surface area contributed by atoms with Crippen LogP contribution >= 0.6 is 0 Å². The number of likely N-dealkylation sites (tertiary alicyclic amines) is 1. The van der Waals surface area contributed by atoms with E-state index in [4.69, 9.17) is 13.9 Å². The molecule has 1 aliphatic heterocycles. The minimum atomic E-state index is 0.678.